The third kappa shape index (κ3) is 4.00. The van der Waals surface area contributed by atoms with Crippen molar-refractivity contribution in [2.45, 2.75) is 0 Å². The van der Waals surface area contributed by atoms with E-state index in [1.165, 1.54) is 0 Å². The Morgan fingerprint density at radius 1 is 2.00 bits per heavy atom. The van der Waals surface area contributed by atoms with Crippen LogP contribution in [0.25, 0.3) is 0 Å². The average molecular weight is 187 g/mol. The maximum absolute atomic E-state index is 9.23. The summed E-state index contributed by atoms with van der Waals surface area (Å²) in [6.45, 7) is 0. The number of nitrogens with one attached hydrogen (secondary N) is 1. The van der Waals surface area contributed by atoms with E-state index in [1.807, 2.05) is 0 Å². The maximum Gasteiger partial charge on any atom is 0.376 e. The Morgan fingerprint density at radius 3 is 2.20 bits per heavy atom. The van der Waals surface area contributed by atoms with Crippen LogP contribution >= 0.6 is 21.0 Å². The summed E-state index contributed by atoms with van der Waals surface area (Å²) in [6.07, 6.45) is 0. The molecule has 0 aliphatic rings. The zero-order chi connectivity index (χ0) is 4.28. The van der Waals surface area contributed by atoms with E-state index < -0.39 is 25.0 Å². The minimum atomic E-state index is -1.29. The molecule has 0 atom stereocenters. The Kier molecular flexibility index (Phi) is 2.25. The predicted octanol–water partition coefficient (Wildman–Crippen LogP) is 1.40. The van der Waals surface area contributed by atoms with Crippen molar-refractivity contribution in [3.8, 4) is 0 Å². The molecular weight excluding hydrogens is 185 g/mol. The molecule has 0 aliphatic carbocycles. The van der Waals surface area contributed by atoms with E-state index in [-0.39, 0.29) is 0 Å². The normalized spacial score (nSPS) is 7.20. The number of hydrogen-bond acceptors (Lipinski definition) is 2. The molecule has 0 unspecified atom stereocenters. The summed E-state index contributed by atoms with van der Waals surface area (Å²) in [6, 6.07) is 0. The van der Waals surface area contributed by atoms with E-state index in [0.717, 1.165) is 0 Å². The Bertz CT molecular complexity index is 60.7. The lowest BCUT2D eigenvalue weighted by atomic mass is 11.7. The summed E-state index contributed by atoms with van der Waals surface area (Å²) in [5.74, 6) is 0. The lowest BCUT2D eigenvalue weighted by Crippen LogP contribution is -1.67. The highest BCUT2D eigenvalue weighted by molar-refractivity contribution is 14.2. The molecule has 3 nitrogen and oxygen atoms in total. The first-order valence-electron chi connectivity index (χ1n) is 0.806. The molecule has 30 valence electrons. The Hall–Kier alpha value is 0. The SMILES string of the molecule is N=IC(=O)O. The van der Waals surface area contributed by atoms with E-state index in [9.17, 15) is 4.79 Å². The summed E-state index contributed by atoms with van der Waals surface area (Å²) < 4.78 is 5.20. The van der Waals surface area contributed by atoms with Crippen LogP contribution in [0.3, 0.4) is 0 Å². The van der Waals surface area contributed by atoms with E-state index in [1.54, 1.807) is 0 Å². The molecular formula is CH2INO2. The minimum absolute atomic E-state index is 0.969. The maximum atomic E-state index is 9.23. The monoisotopic (exact) mass is 187 g/mol. The van der Waals surface area contributed by atoms with Crippen LogP contribution in [0.2, 0.25) is 0 Å². The molecule has 0 aromatic rings. The van der Waals surface area contributed by atoms with Crippen molar-refractivity contribution >= 4 is 25.0 Å². The first-order valence-corrected chi connectivity index (χ1v) is 2.96. The van der Waals surface area contributed by atoms with Gasteiger partial charge < -0.3 is 5.11 Å². The van der Waals surface area contributed by atoms with Crippen LogP contribution in [0.15, 0.2) is 0 Å². The van der Waals surface area contributed by atoms with Gasteiger partial charge in [0.05, 0.1) is 0 Å². The molecule has 0 saturated carbocycles. The molecule has 0 aromatic heterocycles. The van der Waals surface area contributed by atoms with Gasteiger partial charge in [0.15, 0.2) is 0 Å². The summed E-state index contributed by atoms with van der Waals surface area (Å²) >= 11 is -1.29. The van der Waals surface area contributed by atoms with Crippen molar-refractivity contribution in [2.75, 3.05) is 0 Å². The van der Waals surface area contributed by atoms with Crippen LogP contribution in [-0.4, -0.2) is 9.08 Å². The molecule has 0 fully saturated rings. The molecule has 0 heterocycles. The minimum Gasteiger partial charge on any atom is -0.473 e. The van der Waals surface area contributed by atoms with Crippen molar-refractivity contribution in [1.82, 2.24) is 0 Å². The van der Waals surface area contributed by atoms with Crippen LogP contribution in [0.4, 0.5) is 4.79 Å². The fourth-order valence-electron chi connectivity index (χ4n) is 0. The van der Waals surface area contributed by atoms with E-state index in [0.29, 0.717) is 0 Å². The Morgan fingerprint density at radius 2 is 2.20 bits per heavy atom. The lowest BCUT2D eigenvalue weighted by molar-refractivity contribution is 0.225. The van der Waals surface area contributed by atoms with Gasteiger partial charge >= 0.3 is 3.98 Å². The van der Waals surface area contributed by atoms with Crippen LogP contribution in [0.1, 0.15) is 0 Å². The quantitative estimate of drug-likeness (QED) is 0.481. The third-order valence-corrected chi connectivity index (χ3v) is 0.542. The Balaban J connectivity index is 3.20. The molecule has 0 amide bonds. The number of carboxylic acid groups (broad SMARTS) is 1. The van der Waals surface area contributed by atoms with Crippen molar-refractivity contribution in [1.29, 1.82) is 3.56 Å². The number of hydrogen-bond donors (Lipinski definition) is 2. The number of halogens is 1. The lowest BCUT2D eigenvalue weighted by Gasteiger charge is -1.61. The third-order valence-electron chi connectivity index (χ3n) is 0.0808. The second kappa shape index (κ2) is 2.25. The summed E-state index contributed by atoms with van der Waals surface area (Å²) in [7, 11) is 0. The second-order valence-corrected chi connectivity index (χ2v) is 1.81. The highest BCUT2D eigenvalue weighted by atomic mass is 127. The zero-order valence-electron chi connectivity index (χ0n) is 2.23. The summed E-state index contributed by atoms with van der Waals surface area (Å²) in [5.41, 5.74) is 0. The fourth-order valence-corrected chi connectivity index (χ4v) is 0. The van der Waals surface area contributed by atoms with Crippen LogP contribution in [0.5, 0.6) is 0 Å². The molecule has 0 saturated heterocycles. The fraction of sp³-hybridized carbons (Fsp3) is 0. The highest BCUT2D eigenvalue weighted by Crippen LogP contribution is 1.90. The number of carbonyl (C=O) groups is 1. The molecule has 4 heteroatoms. The van der Waals surface area contributed by atoms with Gasteiger partial charge in [-0.1, -0.05) is 0 Å². The number of rotatable bonds is 1. The predicted molar refractivity (Wildman–Crippen MR) is 24.8 cm³/mol. The van der Waals surface area contributed by atoms with Crippen LogP contribution in [-0.2, 0) is 0 Å². The van der Waals surface area contributed by atoms with Gasteiger partial charge in [-0.25, -0.2) is 4.79 Å². The van der Waals surface area contributed by atoms with Gasteiger partial charge in [-0.2, -0.15) is 0 Å². The van der Waals surface area contributed by atoms with Gasteiger partial charge in [0.1, 0.15) is 21.0 Å². The van der Waals surface area contributed by atoms with Gasteiger partial charge in [0, 0.05) is 0 Å². The molecule has 0 bridgehead atoms. The van der Waals surface area contributed by atoms with Crippen LogP contribution < -0.4 is 0 Å². The highest BCUT2D eigenvalue weighted by Gasteiger charge is 1.78. The molecule has 0 radical (unpaired) electrons. The first-order chi connectivity index (χ1) is 2.27. The molecule has 2 N–H and O–H groups in total. The Labute approximate surface area is 38.9 Å². The van der Waals surface area contributed by atoms with Crippen molar-refractivity contribution in [2.24, 2.45) is 0 Å². The van der Waals surface area contributed by atoms with Gasteiger partial charge in [-0.05, 0) is 0 Å². The van der Waals surface area contributed by atoms with Gasteiger partial charge in [-0.15, -0.1) is 0 Å². The molecule has 0 aromatic carbocycles. The second-order valence-electron chi connectivity index (χ2n) is 0.347. The zero-order valence-corrected chi connectivity index (χ0v) is 4.39. The first kappa shape index (κ1) is 5.00. The van der Waals surface area contributed by atoms with Crippen molar-refractivity contribution in [3.63, 3.8) is 0 Å². The summed E-state index contributed by atoms with van der Waals surface area (Å²) in [4.78, 5) is 9.23. The van der Waals surface area contributed by atoms with Gasteiger partial charge in [0.2, 0.25) is 0 Å². The van der Waals surface area contributed by atoms with Crippen molar-refractivity contribution < 1.29 is 9.90 Å². The topological polar surface area (TPSA) is 61.2 Å². The molecule has 0 spiro atoms. The van der Waals surface area contributed by atoms with Crippen LogP contribution in [0, 0.1) is 3.56 Å². The molecule has 0 rings (SSSR count). The summed E-state index contributed by atoms with van der Waals surface area (Å²) in [5, 5.41) is 7.58. The van der Waals surface area contributed by atoms with E-state index in [4.69, 9.17) is 8.67 Å². The van der Waals surface area contributed by atoms with E-state index in [2.05, 4.69) is 0 Å². The largest absolute Gasteiger partial charge is 0.473 e. The van der Waals surface area contributed by atoms with E-state index >= 15 is 0 Å². The van der Waals surface area contributed by atoms with Gasteiger partial charge in [-0.3, -0.25) is 3.56 Å². The van der Waals surface area contributed by atoms with Gasteiger partial charge in [0.25, 0.3) is 0 Å². The smallest absolute Gasteiger partial charge is 0.376 e. The molecule has 0 aliphatic heterocycles. The average Bonchev–Trinajstić information content (AvgIpc) is 1.38. The molecule has 5 heavy (non-hydrogen) atoms. The van der Waals surface area contributed by atoms with Crippen molar-refractivity contribution in [3.05, 3.63) is 0 Å². The standard InChI is InChI=1S/CH2INO2/c3-2-1(4)5/h3H,(H,4,5).